The lowest BCUT2D eigenvalue weighted by molar-refractivity contribution is -0.138. The van der Waals surface area contributed by atoms with Gasteiger partial charge in [0.2, 0.25) is 0 Å². The Labute approximate surface area is 159 Å². The summed E-state index contributed by atoms with van der Waals surface area (Å²) in [6, 6.07) is 3.81. The Hall–Kier alpha value is -2.32. The van der Waals surface area contributed by atoms with Crippen molar-refractivity contribution in [3.05, 3.63) is 62.2 Å². The molecule has 0 aromatic carbocycles. The molecule has 0 amide bonds. The van der Waals surface area contributed by atoms with Gasteiger partial charge in [0.25, 0.3) is 5.56 Å². The van der Waals surface area contributed by atoms with Gasteiger partial charge < -0.3 is 15.0 Å². The largest absolute Gasteiger partial charge is 0.463 e. The Morgan fingerprint density at radius 1 is 1.54 bits per heavy atom. The molecule has 3 heterocycles. The van der Waals surface area contributed by atoms with Crippen molar-refractivity contribution in [2.24, 2.45) is 0 Å². The van der Waals surface area contributed by atoms with E-state index in [-0.39, 0.29) is 12.2 Å². The van der Waals surface area contributed by atoms with Crippen molar-refractivity contribution in [1.82, 2.24) is 9.97 Å². The molecule has 1 unspecified atom stereocenters. The minimum atomic E-state index is -0.500. The van der Waals surface area contributed by atoms with Crippen molar-refractivity contribution < 1.29 is 9.53 Å². The zero-order valence-corrected chi connectivity index (χ0v) is 16.1. The summed E-state index contributed by atoms with van der Waals surface area (Å²) in [6.45, 7) is 7.51. The van der Waals surface area contributed by atoms with Crippen molar-refractivity contribution in [2.75, 3.05) is 17.7 Å². The van der Waals surface area contributed by atoms with Crippen LogP contribution in [0.1, 0.15) is 30.2 Å². The van der Waals surface area contributed by atoms with Crippen LogP contribution in [0.4, 0.5) is 5.82 Å². The van der Waals surface area contributed by atoms with Gasteiger partial charge in [-0.15, -0.1) is 17.9 Å². The van der Waals surface area contributed by atoms with Crippen molar-refractivity contribution in [2.45, 2.75) is 24.9 Å². The maximum absolute atomic E-state index is 12.8. The van der Waals surface area contributed by atoms with Crippen LogP contribution in [0.3, 0.4) is 0 Å². The highest BCUT2D eigenvalue weighted by Crippen LogP contribution is 2.41. The number of carbonyl (C=O) groups excluding carboxylic acids is 1. The van der Waals surface area contributed by atoms with E-state index >= 15 is 0 Å². The molecule has 0 spiro atoms. The highest BCUT2D eigenvalue weighted by molar-refractivity contribution is 7.99. The van der Waals surface area contributed by atoms with Gasteiger partial charge in [0.05, 0.1) is 23.7 Å². The minimum Gasteiger partial charge on any atom is -0.463 e. The van der Waals surface area contributed by atoms with Crippen LogP contribution < -0.4 is 10.9 Å². The van der Waals surface area contributed by atoms with E-state index in [4.69, 9.17) is 4.74 Å². The molecule has 3 rings (SSSR count). The van der Waals surface area contributed by atoms with Crippen LogP contribution in [0.15, 0.2) is 51.4 Å². The van der Waals surface area contributed by atoms with E-state index in [0.717, 1.165) is 4.88 Å². The number of thioether (sulfide) groups is 1. The number of nitrogens with zero attached hydrogens (tertiary/aromatic N) is 1. The highest BCUT2D eigenvalue weighted by atomic mass is 32.2. The van der Waals surface area contributed by atoms with Crippen LogP contribution in [0, 0.1) is 0 Å². The second kappa shape index (κ2) is 7.92. The molecular formula is C18H19N3O3S2. The van der Waals surface area contributed by atoms with Gasteiger partial charge in [0, 0.05) is 16.3 Å². The number of fused-ring (bicyclic) bond motifs is 1. The lowest BCUT2D eigenvalue weighted by Gasteiger charge is -2.27. The third-order valence-electron chi connectivity index (χ3n) is 3.88. The molecule has 136 valence electrons. The highest BCUT2D eigenvalue weighted by Gasteiger charge is 2.36. The monoisotopic (exact) mass is 389 g/mol. The molecular weight excluding hydrogens is 370 g/mol. The van der Waals surface area contributed by atoms with E-state index in [0.29, 0.717) is 33.6 Å². The van der Waals surface area contributed by atoms with E-state index in [9.17, 15) is 9.59 Å². The van der Waals surface area contributed by atoms with Gasteiger partial charge in [0.15, 0.2) is 5.16 Å². The Morgan fingerprint density at radius 3 is 3.00 bits per heavy atom. The number of aromatic amines is 1. The number of thiophene rings is 1. The van der Waals surface area contributed by atoms with E-state index in [1.807, 2.05) is 17.5 Å². The average molecular weight is 390 g/mol. The molecule has 0 bridgehead atoms. The van der Waals surface area contributed by atoms with Crippen LogP contribution in [-0.4, -0.2) is 28.3 Å². The summed E-state index contributed by atoms with van der Waals surface area (Å²) in [5, 5.41) is 5.55. The van der Waals surface area contributed by atoms with E-state index in [1.54, 1.807) is 19.9 Å². The summed E-state index contributed by atoms with van der Waals surface area (Å²) < 4.78 is 5.23. The number of hydrogen-bond acceptors (Lipinski definition) is 7. The molecule has 1 aliphatic rings. The van der Waals surface area contributed by atoms with Crippen molar-refractivity contribution >= 4 is 34.9 Å². The van der Waals surface area contributed by atoms with Crippen molar-refractivity contribution in [3.63, 3.8) is 0 Å². The van der Waals surface area contributed by atoms with E-state index < -0.39 is 11.9 Å². The Morgan fingerprint density at radius 2 is 2.35 bits per heavy atom. The van der Waals surface area contributed by atoms with Crippen LogP contribution in [-0.2, 0) is 9.53 Å². The minimum absolute atomic E-state index is 0.262. The molecule has 0 saturated heterocycles. The second-order valence-corrected chi connectivity index (χ2v) is 7.55. The molecule has 26 heavy (non-hydrogen) atoms. The fourth-order valence-corrected chi connectivity index (χ4v) is 4.30. The number of esters is 1. The molecule has 8 heteroatoms. The van der Waals surface area contributed by atoms with Gasteiger partial charge in [-0.1, -0.05) is 23.9 Å². The third-order valence-corrected chi connectivity index (χ3v) is 5.69. The van der Waals surface area contributed by atoms with Crippen molar-refractivity contribution in [3.8, 4) is 0 Å². The molecule has 1 aliphatic heterocycles. The second-order valence-electron chi connectivity index (χ2n) is 5.57. The lowest BCUT2D eigenvalue weighted by Crippen LogP contribution is -2.30. The molecule has 2 aromatic rings. The number of rotatable bonds is 6. The van der Waals surface area contributed by atoms with Gasteiger partial charge in [-0.25, -0.2) is 9.78 Å². The average Bonchev–Trinajstić information content (AvgIpc) is 3.13. The van der Waals surface area contributed by atoms with Gasteiger partial charge in [-0.05, 0) is 25.3 Å². The van der Waals surface area contributed by atoms with Crippen LogP contribution in [0.5, 0.6) is 0 Å². The molecule has 2 aromatic heterocycles. The molecule has 0 fully saturated rings. The first kappa shape index (κ1) is 18.5. The zero-order valence-electron chi connectivity index (χ0n) is 14.5. The predicted molar refractivity (Wildman–Crippen MR) is 105 cm³/mol. The van der Waals surface area contributed by atoms with Crippen LogP contribution in [0.2, 0.25) is 0 Å². The predicted octanol–water partition coefficient (Wildman–Crippen LogP) is 3.50. The number of carbonyl (C=O) groups is 1. The summed E-state index contributed by atoms with van der Waals surface area (Å²) >= 11 is 2.89. The van der Waals surface area contributed by atoms with Gasteiger partial charge in [0.1, 0.15) is 5.82 Å². The number of ether oxygens (including phenoxy) is 1. The van der Waals surface area contributed by atoms with Gasteiger partial charge in [-0.2, -0.15) is 0 Å². The normalized spacial score (nSPS) is 16.0. The Balaban J connectivity index is 2.16. The first-order valence-electron chi connectivity index (χ1n) is 8.13. The van der Waals surface area contributed by atoms with Crippen LogP contribution in [0.25, 0.3) is 0 Å². The lowest BCUT2D eigenvalue weighted by atomic mass is 9.86. The number of aromatic nitrogens is 2. The number of nitrogens with one attached hydrogen (secondary N) is 2. The molecule has 1 atom stereocenters. The molecule has 0 saturated carbocycles. The Bertz CT molecular complexity index is 916. The number of hydrogen-bond donors (Lipinski definition) is 2. The quantitative estimate of drug-likeness (QED) is 0.340. The third kappa shape index (κ3) is 3.47. The topological polar surface area (TPSA) is 84.1 Å². The first-order chi connectivity index (χ1) is 12.6. The number of H-pyrrole nitrogens is 1. The SMILES string of the molecule is C=CCSc1nc2c(c(=O)[nH]1)C(c1cccs1)C(C(=O)OCC)=C(C)N2. The van der Waals surface area contributed by atoms with Crippen molar-refractivity contribution in [1.29, 1.82) is 0 Å². The van der Waals surface area contributed by atoms with Gasteiger partial charge >= 0.3 is 5.97 Å². The molecule has 0 aliphatic carbocycles. The summed E-state index contributed by atoms with van der Waals surface area (Å²) in [4.78, 5) is 33.7. The van der Waals surface area contributed by atoms with E-state index in [1.165, 1.54) is 23.1 Å². The molecule has 6 nitrogen and oxygen atoms in total. The number of allylic oxidation sites excluding steroid dienone is 1. The summed E-state index contributed by atoms with van der Waals surface area (Å²) in [7, 11) is 0. The Kier molecular flexibility index (Phi) is 5.63. The van der Waals surface area contributed by atoms with Crippen LogP contribution >= 0.6 is 23.1 Å². The molecule has 2 N–H and O–H groups in total. The maximum atomic E-state index is 12.8. The molecule has 0 radical (unpaired) electrons. The number of anilines is 1. The zero-order chi connectivity index (χ0) is 18.7. The standard InChI is InChI=1S/C18H19N3O3S2/c1-4-8-26-18-20-15-14(16(22)21-18)13(11-7-6-9-25-11)12(10(3)19-15)17(23)24-5-2/h4,6-7,9,13H,1,5,8H2,2-3H3,(H2,19,20,21,22). The first-order valence-corrected chi connectivity index (χ1v) is 9.99. The smallest absolute Gasteiger partial charge is 0.336 e. The summed E-state index contributed by atoms with van der Waals surface area (Å²) in [5.41, 5.74) is 1.26. The fraction of sp³-hybridized carbons (Fsp3) is 0.278. The fourth-order valence-electron chi connectivity index (χ4n) is 2.86. The van der Waals surface area contributed by atoms with Gasteiger partial charge in [-0.3, -0.25) is 4.79 Å². The summed E-state index contributed by atoms with van der Waals surface area (Å²) in [6.07, 6.45) is 1.75. The maximum Gasteiger partial charge on any atom is 0.336 e. The summed E-state index contributed by atoms with van der Waals surface area (Å²) in [5.74, 6) is 0.189. The van der Waals surface area contributed by atoms with E-state index in [2.05, 4.69) is 21.9 Å².